The van der Waals surface area contributed by atoms with Crippen molar-refractivity contribution < 1.29 is 23.4 Å². The molecule has 0 saturated carbocycles. The van der Waals surface area contributed by atoms with Gasteiger partial charge in [0.1, 0.15) is 5.58 Å². The minimum absolute atomic E-state index is 0.121. The topological polar surface area (TPSA) is 87.9 Å². The molecule has 0 aliphatic heterocycles. The number of carbonyl (C=O) groups excluding carboxylic acids is 1. The van der Waals surface area contributed by atoms with Crippen LogP contribution in [0, 0.1) is 13.8 Å². The zero-order chi connectivity index (χ0) is 22.8. The molecular weight excluding hydrogens is 410 g/mol. The van der Waals surface area contributed by atoms with E-state index in [0.29, 0.717) is 28.0 Å². The lowest BCUT2D eigenvalue weighted by atomic mass is 10.0. The van der Waals surface area contributed by atoms with Crippen molar-refractivity contribution in [3.05, 3.63) is 81.8 Å². The van der Waals surface area contributed by atoms with Crippen LogP contribution in [0.5, 0.6) is 17.2 Å². The zero-order valence-electron chi connectivity index (χ0n) is 18.1. The van der Waals surface area contributed by atoms with Gasteiger partial charge in [-0.05, 0) is 61.4 Å². The van der Waals surface area contributed by atoms with Crippen LogP contribution in [-0.2, 0) is 0 Å². The minimum atomic E-state index is -0.689. The fourth-order valence-corrected chi connectivity index (χ4v) is 3.57. The van der Waals surface area contributed by atoms with E-state index in [9.17, 15) is 9.59 Å². The first kappa shape index (κ1) is 21.1. The van der Waals surface area contributed by atoms with Crippen LogP contribution in [0.2, 0.25) is 0 Å². The van der Waals surface area contributed by atoms with Crippen LogP contribution in [-0.4, -0.2) is 25.2 Å². The molecule has 0 amide bonds. The number of nitrogens with zero attached hydrogens (tertiary/aromatic N) is 1. The van der Waals surface area contributed by atoms with Crippen LogP contribution in [0.25, 0.3) is 22.3 Å². The van der Waals surface area contributed by atoms with E-state index in [0.717, 1.165) is 11.1 Å². The van der Waals surface area contributed by atoms with Gasteiger partial charge in [0.25, 0.3) is 0 Å². The SMILES string of the molecule is COc1ccc(-c2oc3cc(C)cc(C)c3c(=O)c2OC(=O)c2ccncc2)cc1OC. The number of fused-ring (bicyclic) bond motifs is 1. The van der Waals surface area contributed by atoms with Gasteiger partial charge in [0.2, 0.25) is 11.2 Å². The number of hydrogen-bond acceptors (Lipinski definition) is 7. The maximum Gasteiger partial charge on any atom is 0.343 e. The molecule has 0 atom stereocenters. The second-order valence-corrected chi connectivity index (χ2v) is 7.24. The molecule has 2 aromatic heterocycles. The lowest BCUT2D eigenvalue weighted by Gasteiger charge is -2.14. The molecule has 162 valence electrons. The van der Waals surface area contributed by atoms with E-state index in [4.69, 9.17) is 18.6 Å². The number of methoxy groups -OCH3 is 2. The number of aryl methyl sites for hydroxylation is 2. The Hall–Kier alpha value is -4.13. The number of ether oxygens (including phenoxy) is 3. The Kier molecular flexibility index (Phi) is 5.64. The Morgan fingerprint density at radius 3 is 2.34 bits per heavy atom. The van der Waals surface area contributed by atoms with E-state index in [2.05, 4.69) is 4.98 Å². The zero-order valence-corrected chi connectivity index (χ0v) is 18.1. The van der Waals surface area contributed by atoms with Gasteiger partial charge in [-0.25, -0.2) is 4.79 Å². The summed E-state index contributed by atoms with van der Waals surface area (Å²) in [6.45, 7) is 3.73. The monoisotopic (exact) mass is 431 g/mol. The van der Waals surface area contributed by atoms with Crippen molar-refractivity contribution in [2.24, 2.45) is 0 Å². The molecule has 7 heteroatoms. The number of carbonyl (C=O) groups is 1. The third-order valence-electron chi connectivity index (χ3n) is 5.05. The van der Waals surface area contributed by atoms with Crippen molar-refractivity contribution in [2.75, 3.05) is 14.2 Å². The summed E-state index contributed by atoms with van der Waals surface area (Å²) < 4.78 is 22.4. The van der Waals surface area contributed by atoms with E-state index in [-0.39, 0.29) is 17.1 Å². The molecule has 0 unspecified atom stereocenters. The van der Waals surface area contributed by atoms with E-state index in [1.54, 1.807) is 24.3 Å². The Labute approximate surface area is 184 Å². The molecule has 2 aromatic carbocycles. The first-order valence-corrected chi connectivity index (χ1v) is 9.85. The summed E-state index contributed by atoms with van der Waals surface area (Å²) in [5.41, 5.74) is 2.40. The Morgan fingerprint density at radius 1 is 0.938 bits per heavy atom. The molecule has 0 saturated heterocycles. The van der Waals surface area contributed by atoms with Crippen LogP contribution < -0.4 is 19.6 Å². The highest BCUT2D eigenvalue weighted by atomic mass is 16.5. The van der Waals surface area contributed by atoms with E-state index in [1.807, 2.05) is 19.9 Å². The Balaban J connectivity index is 1.97. The number of aromatic nitrogens is 1. The Bertz CT molecular complexity index is 1380. The second kappa shape index (κ2) is 8.55. The maximum atomic E-state index is 13.5. The van der Waals surface area contributed by atoms with Crippen LogP contribution in [0.1, 0.15) is 21.5 Å². The summed E-state index contributed by atoms with van der Waals surface area (Å²) in [7, 11) is 3.04. The first-order chi connectivity index (χ1) is 15.4. The quantitative estimate of drug-likeness (QED) is 0.423. The van der Waals surface area contributed by atoms with E-state index >= 15 is 0 Å². The lowest BCUT2D eigenvalue weighted by molar-refractivity contribution is 0.0731. The minimum Gasteiger partial charge on any atom is -0.493 e. The predicted molar refractivity (Wildman–Crippen MR) is 120 cm³/mol. The molecule has 4 aromatic rings. The summed E-state index contributed by atoms with van der Waals surface area (Å²) in [5, 5.41) is 0.359. The first-order valence-electron chi connectivity index (χ1n) is 9.85. The predicted octanol–water partition coefficient (Wildman–Crippen LogP) is 4.71. The normalized spacial score (nSPS) is 10.8. The van der Waals surface area contributed by atoms with Crippen molar-refractivity contribution in [3.8, 4) is 28.6 Å². The van der Waals surface area contributed by atoms with Crippen LogP contribution >= 0.6 is 0 Å². The van der Waals surface area contributed by atoms with Gasteiger partial charge in [-0.15, -0.1) is 0 Å². The van der Waals surface area contributed by atoms with Crippen molar-refractivity contribution in [1.29, 1.82) is 0 Å². The fraction of sp³-hybridized carbons (Fsp3) is 0.160. The van der Waals surface area contributed by atoms with Crippen molar-refractivity contribution in [2.45, 2.75) is 13.8 Å². The third kappa shape index (κ3) is 3.80. The molecule has 0 aliphatic rings. The summed E-state index contributed by atoms with van der Waals surface area (Å²) in [5.74, 6) is 0.195. The van der Waals surface area contributed by atoms with E-state index in [1.165, 1.54) is 38.7 Å². The summed E-state index contributed by atoms with van der Waals surface area (Å²) >= 11 is 0. The average molecular weight is 431 g/mol. The highest BCUT2D eigenvalue weighted by Gasteiger charge is 2.23. The Morgan fingerprint density at radius 2 is 1.66 bits per heavy atom. The van der Waals surface area contributed by atoms with Crippen LogP contribution in [0.15, 0.2) is 64.1 Å². The van der Waals surface area contributed by atoms with Gasteiger partial charge >= 0.3 is 5.97 Å². The number of esters is 1. The third-order valence-corrected chi connectivity index (χ3v) is 5.05. The van der Waals surface area contributed by atoms with Crippen molar-refractivity contribution in [3.63, 3.8) is 0 Å². The van der Waals surface area contributed by atoms with Crippen molar-refractivity contribution in [1.82, 2.24) is 4.98 Å². The molecule has 0 fully saturated rings. The van der Waals surface area contributed by atoms with Crippen LogP contribution in [0.3, 0.4) is 0 Å². The largest absolute Gasteiger partial charge is 0.493 e. The second-order valence-electron chi connectivity index (χ2n) is 7.24. The molecule has 32 heavy (non-hydrogen) atoms. The van der Waals surface area contributed by atoms with Gasteiger partial charge in [0.15, 0.2) is 17.3 Å². The molecule has 0 aliphatic carbocycles. The molecule has 7 nitrogen and oxygen atoms in total. The van der Waals surface area contributed by atoms with E-state index < -0.39 is 11.4 Å². The number of rotatable bonds is 5. The molecule has 4 rings (SSSR count). The molecule has 2 heterocycles. The molecule has 0 spiro atoms. The molecule has 0 N–H and O–H groups in total. The van der Waals surface area contributed by atoms with Gasteiger partial charge in [0.05, 0.1) is 25.2 Å². The maximum absolute atomic E-state index is 13.5. The smallest absolute Gasteiger partial charge is 0.343 e. The molecule has 0 bridgehead atoms. The van der Waals surface area contributed by atoms with Gasteiger partial charge in [0, 0.05) is 18.0 Å². The molecule has 0 radical (unpaired) electrons. The van der Waals surface area contributed by atoms with Crippen LogP contribution in [0.4, 0.5) is 0 Å². The lowest BCUT2D eigenvalue weighted by Crippen LogP contribution is -2.17. The highest BCUT2D eigenvalue weighted by Crippen LogP contribution is 2.37. The summed E-state index contributed by atoms with van der Waals surface area (Å²) in [4.78, 5) is 30.2. The average Bonchev–Trinajstić information content (AvgIpc) is 2.80. The van der Waals surface area contributed by atoms with Gasteiger partial charge in [-0.3, -0.25) is 9.78 Å². The van der Waals surface area contributed by atoms with Gasteiger partial charge < -0.3 is 18.6 Å². The van der Waals surface area contributed by atoms with Crippen molar-refractivity contribution >= 4 is 16.9 Å². The fourth-order valence-electron chi connectivity index (χ4n) is 3.57. The highest BCUT2D eigenvalue weighted by molar-refractivity contribution is 5.93. The number of benzene rings is 2. The summed E-state index contributed by atoms with van der Waals surface area (Å²) in [6, 6.07) is 11.7. The number of pyridine rings is 1. The number of hydrogen-bond donors (Lipinski definition) is 0. The van der Waals surface area contributed by atoms with Gasteiger partial charge in [-0.2, -0.15) is 0 Å². The standard InChI is InChI=1S/C25H21NO6/c1-14-11-15(2)21-20(12-14)31-23(17-5-6-18(29-3)19(13-17)30-4)24(22(21)27)32-25(28)16-7-9-26-10-8-16/h5-13H,1-4H3. The summed E-state index contributed by atoms with van der Waals surface area (Å²) in [6.07, 6.45) is 2.95. The van der Waals surface area contributed by atoms with Gasteiger partial charge in [-0.1, -0.05) is 6.07 Å². The molecular formula is C25H21NO6.